The van der Waals surface area contributed by atoms with Crippen molar-refractivity contribution in [2.75, 3.05) is 26.8 Å². The lowest BCUT2D eigenvalue weighted by Gasteiger charge is -2.32. The summed E-state index contributed by atoms with van der Waals surface area (Å²) in [6.45, 7) is 3.50. The molecule has 2 heterocycles. The molecule has 26 heavy (non-hydrogen) atoms. The highest BCUT2D eigenvalue weighted by Gasteiger charge is 2.22. The number of methoxy groups -OCH3 is 1. The zero-order valence-corrected chi connectivity index (χ0v) is 15.4. The Morgan fingerprint density at radius 3 is 2.73 bits per heavy atom. The van der Waals surface area contributed by atoms with E-state index in [1.165, 1.54) is 11.1 Å². The first-order valence-corrected chi connectivity index (χ1v) is 9.10. The van der Waals surface area contributed by atoms with Crippen LogP contribution in [-0.2, 0) is 24.8 Å². The van der Waals surface area contributed by atoms with Crippen molar-refractivity contribution in [2.24, 2.45) is 7.05 Å². The molecule has 1 aliphatic heterocycles. The number of rotatable bonds is 5. The molecule has 0 radical (unpaired) electrons. The smallest absolute Gasteiger partial charge is 0.123 e. The van der Waals surface area contributed by atoms with Gasteiger partial charge in [-0.2, -0.15) is 0 Å². The highest BCUT2D eigenvalue weighted by atomic mass is 16.5. The second-order valence-corrected chi connectivity index (χ2v) is 6.86. The number of para-hydroxylation sites is 2. The van der Waals surface area contributed by atoms with E-state index in [2.05, 4.69) is 46.8 Å². The van der Waals surface area contributed by atoms with Gasteiger partial charge in [-0.25, -0.2) is 4.98 Å². The zero-order chi connectivity index (χ0) is 17.9. The van der Waals surface area contributed by atoms with E-state index in [0.29, 0.717) is 0 Å². The summed E-state index contributed by atoms with van der Waals surface area (Å²) in [6, 6.07) is 16.6. The summed E-state index contributed by atoms with van der Waals surface area (Å²) in [4.78, 5) is 7.24. The van der Waals surface area contributed by atoms with Gasteiger partial charge in [-0.05, 0) is 36.2 Å². The first-order chi connectivity index (χ1) is 12.7. The molecule has 1 atom stereocenters. The largest absolute Gasteiger partial charge is 0.497 e. The minimum Gasteiger partial charge on any atom is -0.497 e. The van der Waals surface area contributed by atoms with Crippen molar-refractivity contribution in [1.82, 2.24) is 14.5 Å². The first kappa shape index (κ1) is 17.1. The number of aromatic nitrogens is 2. The summed E-state index contributed by atoms with van der Waals surface area (Å²) < 4.78 is 13.4. The molecule has 1 fully saturated rings. The Balaban J connectivity index is 1.42. The fraction of sp³-hybridized carbons (Fsp3) is 0.381. The number of aryl methyl sites for hydroxylation is 1. The summed E-state index contributed by atoms with van der Waals surface area (Å²) in [5.74, 6) is 2.00. The lowest BCUT2D eigenvalue weighted by Crippen LogP contribution is -2.43. The second kappa shape index (κ2) is 7.48. The average molecular weight is 351 g/mol. The van der Waals surface area contributed by atoms with Crippen LogP contribution in [0.1, 0.15) is 11.4 Å². The van der Waals surface area contributed by atoms with Gasteiger partial charge >= 0.3 is 0 Å². The minimum atomic E-state index is 0.215. The Bertz CT molecular complexity index is 873. The van der Waals surface area contributed by atoms with E-state index in [1.54, 1.807) is 7.11 Å². The summed E-state index contributed by atoms with van der Waals surface area (Å²) in [5.41, 5.74) is 3.53. The van der Waals surface area contributed by atoms with E-state index < -0.39 is 0 Å². The van der Waals surface area contributed by atoms with E-state index in [4.69, 9.17) is 14.5 Å². The number of morpholine rings is 1. The first-order valence-electron chi connectivity index (χ1n) is 9.10. The third-order valence-corrected chi connectivity index (χ3v) is 5.09. The van der Waals surface area contributed by atoms with Gasteiger partial charge in [0.2, 0.25) is 0 Å². The lowest BCUT2D eigenvalue weighted by atomic mass is 10.1. The number of benzene rings is 2. The molecule has 0 spiro atoms. The van der Waals surface area contributed by atoms with Gasteiger partial charge in [0, 0.05) is 20.1 Å². The van der Waals surface area contributed by atoms with Crippen LogP contribution >= 0.6 is 0 Å². The van der Waals surface area contributed by atoms with Crippen LogP contribution in [0.25, 0.3) is 11.0 Å². The molecule has 5 nitrogen and oxygen atoms in total. The van der Waals surface area contributed by atoms with Crippen molar-refractivity contribution in [1.29, 1.82) is 0 Å². The Hall–Kier alpha value is -2.37. The maximum atomic E-state index is 6.00. The number of ether oxygens (including phenoxy) is 2. The van der Waals surface area contributed by atoms with Crippen LogP contribution < -0.4 is 4.74 Å². The predicted octanol–water partition coefficient (Wildman–Crippen LogP) is 3.03. The van der Waals surface area contributed by atoms with Crippen LogP contribution in [0.2, 0.25) is 0 Å². The van der Waals surface area contributed by atoms with Gasteiger partial charge in [0.25, 0.3) is 0 Å². The molecule has 0 saturated carbocycles. The third-order valence-electron chi connectivity index (χ3n) is 5.09. The number of nitrogens with zero attached hydrogens (tertiary/aromatic N) is 3. The monoisotopic (exact) mass is 351 g/mol. The normalized spacial score (nSPS) is 18.3. The minimum absolute atomic E-state index is 0.215. The van der Waals surface area contributed by atoms with Crippen molar-refractivity contribution in [3.63, 3.8) is 0 Å². The molecule has 0 unspecified atom stereocenters. The van der Waals surface area contributed by atoms with Crippen LogP contribution in [0, 0.1) is 0 Å². The molecule has 3 aromatic rings. The van der Waals surface area contributed by atoms with Crippen LogP contribution in [-0.4, -0.2) is 47.4 Å². The maximum Gasteiger partial charge on any atom is 0.123 e. The van der Waals surface area contributed by atoms with Gasteiger partial charge in [0.1, 0.15) is 11.6 Å². The van der Waals surface area contributed by atoms with Gasteiger partial charge < -0.3 is 14.0 Å². The number of hydrogen-bond donors (Lipinski definition) is 0. The summed E-state index contributed by atoms with van der Waals surface area (Å²) in [7, 11) is 3.79. The van der Waals surface area contributed by atoms with E-state index in [-0.39, 0.29) is 6.10 Å². The van der Waals surface area contributed by atoms with Crippen molar-refractivity contribution in [3.8, 4) is 5.75 Å². The van der Waals surface area contributed by atoms with Crippen molar-refractivity contribution < 1.29 is 9.47 Å². The van der Waals surface area contributed by atoms with E-state index in [9.17, 15) is 0 Å². The number of hydrogen-bond acceptors (Lipinski definition) is 4. The summed E-state index contributed by atoms with van der Waals surface area (Å²) >= 11 is 0. The third kappa shape index (κ3) is 3.59. The molecule has 0 aliphatic carbocycles. The second-order valence-electron chi connectivity index (χ2n) is 6.86. The van der Waals surface area contributed by atoms with Crippen LogP contribution in [0.15, 0.2) is 48.5 Å². The lowest BCUT2D eigenvalue weighted by molar-refractivity contribution is -0.0314. The molecule has 5 heteroatoms. The molecule has 136 valence electrons. The van der Waals surface area contributed by atoms with Gasteiger partial charge in [0.15, 0.2) is 0 Å². The standard InChI is InChI=1S/C21H25N3O2/c1-23-20-6-4-3-5-19(20)22-21(23)15-24-11-12-26-18(14-24)13-16-7-9-17(25-2)10-8-16/h3-10,18H,11-15H2,1-2H3/t18-/m1/s1. The SMILES string of the molecule is COc1ccc(C[C@@H]2CN(Cc3nc4ccccc4n3C)CCO2)cc1. The van der Waals surface area contributed by atoms with Gasteiger partial charge in [-0.3, -0.25) is 4.90 Å². The molecule has 0 amide bonds. The quantitative estimate of drug-likeness (QED) is 0.708. The van der Waals surface area contributed by atoms with Crippen molar-refractivity contribution >= 4 is 11.0 Å². The molecule has 1 aliphatic rings. The highest BCUT2D eigenvalue weighted by Crippen LogP contribution is 2.19. The van der Waals surface area contributed by atoms with Crippen LogP contribution in [0.3, 0.4) is 0 Å². The Morgan fingerprint density at radius 2 is 1.96 bits per heavy atom. The molecular formula is C21H25N3O2. The fourth-order valence-corrected chi connectivity index (χ4v) is 3.61. The highest BCUT2D eigenvalue weighted by molar-refractivity contribution is 5.75. The molecular weight excluding hydrogens is 326 g/mol. The summed E-state index contributed by atoms with van der Waals surface area (Å²) in [5, 5.41) is 0. The van der Waals surface area contributed by atoms with E-state index in [0.717, 1.165) is 49.8 Å². The average Bonchev–Trinajstić information content (AvgIpc) is 2.99. The van der Waals surface area contributed by atoms with Crippen molar-refractivity contribution in [3.05, 3.63) is 59.9 Å². The van der Waals surface area contributed by atoms with Gasteiger partial charge in [-0.15, -0.1) is 0 Å². The molecule has 0 bridgehead atoms. The van der Waals surface area contributed by atoms with E-state index >= 15 is 0 Å². The van der Waals surface area contributed by atoms with Gasteiger partial charge in [0.05, 0.1) is 37.4 Å². The zero-order valence-electron chi connectivity index (χ0n) is 15.4. The predicted molar refractivity (Wildman–Crippen MR) is 102 cm³/mol. The number of fused-ring (bicyclic) bond motifs is 1. The Labute approximate surface area is 154 Å². The molecule has 1 saturated heterocycles. The van der Waals surface area contributed by atoms with Crippen molar-refractivity contribution in [2.45, 2.75) is 19.1 Å². The van der Waals surface area contributed by atoms with Gasteiger partial charge in [-0.1, -0.05) is 24.3 Å². The summed E-state index contributed by atoms with van der Waals surface area (Å²) in [6.07, 6.45) is 1.13. The topological polar surface area (TPSA) is 39.5 Å². The van der Waals surface area contributed by atoms with E-state index in [1.807, 2.05) is 18.2 Å². The fourth-order valence-electron chi connectivity index (χ4n) is 3.61. The number of imidazole rings is 1. The molecule has 4 rings (SSSR count). The van der Waals surface area contributed by atoms with Crippen LogP contribution in [0.5, 0.6) is 5.75 Å². The molecule has 0 N–H and O–H groups in total. The maximum absolute atomic E-state index is 6.00. The Kier molecular flexibility index (Phi) is 4.91. The Morgan fingerprint density at radius 1 is 1.15 bits per heavy atom. The van der Waals surface area contributed by atoms with Crippen LogP contribution in [0.4, 0.5) is 0 Å². The molecule has 2 aromatic carbocycles. The molecule has 1 aromatic heterocycles.